The van der Waals surface area contributed by atoms with E-state index in [1.165, 1.54) is 19.2 Å². The van der Waals surface area contributed by atoms with E-state index in [0.29, 0.717) is 24.4 Å². The van der Waals surface area contributed by atoms with E-state index in [1.54, 1.807) is 11.0 Å². The molecular formula is C19H28N2O5. The van der Waals surface area contributed by atoms with Crippen molar-refractivity contribution in [2.24, 2.45) is 0 Å². The van der Waals surface area contributed by atoms with Crippen LogP contribution in [0, 0.1) is 0 Å². The highest BCUT2D eigenvalue weighted by Crippen LogP contribution is 2.24. The molecule has 2 amide bonds. The molecule has 1 fully saturated rings. The fourth-order valence-corrected chi connectivity index (χ4v) is 2.97. The Bertz CT molecular complexity index is 654. The summed E-state index contributed by atoms with van der Waals surface area (Å²) >= 11 is 0. The average Bonchev–Trinajstić information content (AvgIpc) is 2.53. The van der Waals surface area contributed by atoms with Gasteiger partial charge in [0.05, 0.1) is 13.5 Å². The Morgan fingerprint density at radius 2 is 2.08 bits per heavy atom. The summed E-state index contributed by atoms with van der Waals surface area (Å²) in [7, 11) is 1.53. The summed E-state index contributed by atoms with van der Waals surface area (Å²) in [4.78, 5) is 26.3. The second-order valence-corrected chi connectivity index (χ2v) is 7.50. The highest BCUT2D eigenvalue weighted by atomic mass is 16.6. The highest BCUT2D eigenvalue weighted by Gasteiger charge is 2.27. The van der Waals surface area contributed by atoms with Gasteiger partial charge in [0, 0.05) is 24.7 Å². The maximum absolute atomic E-state index is 12.7. The first-order chi connectivity index (χ1) is 12.2. The van der Waals surface area contributed by atoms with Crippen LogP contribution in [0.4, 0.5) is 4.79 Å². The van der Waals surface area contributed by atoms with Crippen LogP contribution in [-0.4, -0.2) is 53.8 Å². The number of amides is 2. The number of nitrogens with one attached hydrogen (secondary N) is 1. The zero-order valence-corrected chi connectivity index (χ0v) is 15.9. The van der Waals surface area contributed by atoms with Gasteiger partial charge < -0.3 is 24.8 Å². The molecule has 0 spiro atoms. The summed E-state index contributed by atoms with van der Waals surface area (Å²) in [6, 6.07) is 4.57. The molecule has 0 aromatic heterocycles. The van der Waals surface area contributed by atoms with Crippen LogP contribution >= 0.6 is 0 Å². The Labute approximate surface area is 154 Å². The van der Waals surface area contributed by atoms with Crippen molar-refractivity contribution in [2.45, 2.75) is 51.7 Å². The summed E-state index contributed by atoms with van der Waals surface area (Å²) < 4.78 is 10.5. The van der Waals surface area contributed by atoms with Crippen LogP contribution in [-0.2, 0) is 16.0 Å². The molecule has 1 aromatic rings. The maximum atomic E-state index is 12.7. The minimum Gasteiger partial charge on any atom is -0.508 e. The fraction of sp³-hybridized carbons (Fsp3) is 0.579. The molecule has 1 heterocycles. The molecule has 0 radical (unpaired) electrons. The number of piperidine rings is 1. The first-order valence-corrected chi connectivity index (χ1v) is 8.81. The summed E-state index contributed by atoms with van der Waals surface area (Å²) in [6.45, 7) is 6.52. The third-order valence-electron chi connectivity index (χ3n) is 4.10. The minimum atomic E-state index is -0.555. The Morgan fingerprint density at radius 1 is 1.35 bits per heavy atom. The van der Waals surface area contributed by atoms with Crippen LogP contribution in [0.5, 0.6) is 11.5 Å². The molecule has 2 N–H and O–H groups in total. The van der Waals surface area contributed by atoms with E-state index in [0.717, 1.165) is 12.8 Å². The van der Waals surface area contributed by atoms with Gasteiger partial charge in [-0.15, -0.1) is 0 Å². The van der Waals surface area contributed by atoms with Gasteiger partial charge in [-0.3, -0.25) is 4.79 Å². The lowest BCUT2D eigenvalue weighted by Gasteiger charge is -2.33. The van der Waals surface area contributed by atoms with Crippen molar-refractivity contribution >= 4 is 12.0 Å². The van der Waals surface area contributed by atoms with Gasteiger partial charge in [-0.05, 0) is 51.8 Å². The van der Waals surface area contributed by atoms with Gasteiger partial charge in [0.2, 0.25) is 5.91 Å². The summed E-state index contributed by atoms with van der Waals surface area (Å²) in [6.07, 6.45) is 1.28. The van der Waals surface area contributed by atoms with Crippen molar-refractivity contribution < 1.29 is 24.2 Å². The lowest BCUT2D eigenvalue weighted by atomic mass is 10.0. The second-order valence-electron chi connectivity index (χ2n) is 7.50. The molecule has 2 rings (SSSR count). The molecule has 0 saturated carbocycles. The van der Waals surface area contributed by atoms with Crippen molar-refractivity contribution in [2.75, 3.05) is 20.2 Å². The Morgan fingerprint density at radius 3 is 2.73 bits per heavy atom. The number of alkyl carbamates (subject to hydrolysis) is 1. The first-order valence-electron chi connectivity index (χ1n) is 8.81. The van der Waals surface area contributed by atoms with Crippen LogP contribution in [0.3, 0.4) is 0 Å². The number of nitrogens with zero attached hydrogens (tertiary/aromatic N) is 1. The molecule has 1 aromatic carbocycles. The number of phenolic OH excluding ortho intramolecular Hbond substituents is 1. The number of hydrogen-bond acceptors (Lipinski definition) is 5. The van der Waals surface area contributed by atoms with Gasteiger partial charge in [0.1, 0.15) is 17.1 Å². The highest BCUT2D eigenvalue weighted by molar-refractivity contribution is 5.80. The molecule has 7 heteroatoms. The molecule has 1 atom stereocenters. The largest absolute Gasteiger partial charge is 0.508 e. The number of carbonyl (C=O) groups is 2. The predicted molar refractivity (Wildman–Crippen MR) is 97.3 cm³/mol. The predicted octanol–water partition coefficient (Wildman–Crippen LogP) is 2.46. The quantitative estimate of drug-likeness (QED) is 0.857. The maximum Gasteiger partial charge on any atom is 0.407 e. The van der Waals surface area contributed by atoms with Crippen molar-refractivity contribution in [3.8, 4) is 11.5 Å². The molecular weight excluding hydrogens is 336 g/mol. The van der Waals surface area contributed by atoms with E-state index in [2.05, 4.69) is 5.32 Å². The lowest BCUT2D eigenvalue weighted by Crippen LogP contribution is -2.50. The van der Waals surface area contributed by atoms with Crippen molar-refractivity contribution in [1.82, 2.24) is 10.2 Å². The van der Waals surface area contributed by atoms with Gasteiger partial charge in [-0.1, -0.05) is 0 Å². The molecule has 1 aliphatic heterocycles. The van der Waals surface area contributed by atoms with E-state index in [9.17, 15) is 14.7 Å². The topological polar surface area (TPSA) is 88.1 Å². The number of rotatable bonds is 4. The molecule has 0 aliphatic carbocycles. The fourth-order valence-electron chi connectivity index (χ4n) is 2.97. The van der Waals surface area contributed by atoms with Crippen LogP contribution in [0.25, 0.3) is 0 Å². The number of hydrogen-bond donors (Lipinski definition) is 2. The number of methoxy groups -OCH3 is 1. The molecule has 144 valence electrons. The summed E-state index contributed by atoms with van der Waals surface area (Å²) in [5.41, 5.74) is 0.0832. The van der Waals surface area contributed by atoms with Crippen LogP contribution in [0.1, 0.15) is 39.2 Å². The lowest BCUT2D eigenvalue weighted by molar-refractivity contribution is -0.131. The van der Waals surface area contributed by atoms with E-state index in [1.807, 2.05) is 20.8 Å². The zero-order valence-electron chi connectivity index (χ0n) is 15.9. The first kappa shape index (κ1) is 19.9. The third kappa shape index (κ3) is 5.82. The molecule has 0 bridgehead atoms. The Kier molecular flexibility index (Phi) is 6.34. The van der Waals surface area contributed by atoms with Crippen LogP contribution in [0.15, 0.2) is 18.2 Å². The second kappa shape index (κ2) is 8.29. The van der Waals surface area contributed by atoms with E-state index >= 15 is 0 Å². The van der Waals surface area contributed by atoms with E-state index < -0.39 is 11.7 Å². The smallest absolute Gasteiger partial charge is 0.407 e. The normalized spacial score (nSPS) is 17.5. The number of likely N-dealkylation sites (tertiary alicyclic amines) is 1. The van der Waals surface area contributed by atoms with Crippen LogP contribution < -0.4 is 10.1 Å². The van der Waals surface area contributed by atoms with Crippen molar-refractivity contribution in [1.29, 1.82) is 0 Å². The Hall–Kier alpha value is -2.44. The number of carbonyl (C=O) groups excluding carboxylic acids is 2. The molecule has 7 nitrogen and oxygen atoms in total. The minimum absolute atomic E-state index is 0.0652. The molecule has 0 unspecified atom stereocenters. The number of aromatic hydroxyl groups is 1. The average molecular weight is 364 g/mol. The summed E-state index contributed by atoms with van der Waals surface area (Å²) in [5.74, 6) is 0.595. The SMILES string of the molecule is COc1ccc(O)cc1CC(=O)N1CCC[C@@H](NC(=O)OC(C)(C)C)C1. The third-order valence-corrected chi connectivity index (χ3v) is 4.10. The number of ether oxygens (including phenoxy) is 2. The molecule has 1 saturated heterocycles. The van der Waals surface area contributed by atoms with Gasteiger partial charge >= 0.3 is 6.09 Å². The Balaban J connectivity index is 1.95. The standard InChI is InChI=1S/C19H28N2O5/c1-19(2,3)26-18(24)20-14-6-5-9-21(12-14)17(23)11-13-10-15(22)7-8-16(13)25-4/h7-8,10,14,22H,5-6,9,11-12H2,1-4H3,(H,20,24)/t14-/m1/s1. The van der Waals surface area contributed by atoms with Crippen molar-refractivity contribution in [3.05, 3.63) is 23.8 Å². The van der Waals surface area contributed by atoms with Gasteiger partial charge in [-0.2, -0.15) is 0 Å². The monoisotopic (exact) mass is 364 g/mol. The summed E-state index contributed by atoms with van der Waals surface area (Å²) in [5, 5.41) is 12.5. The van der Waals surface area contributed by atoms with E-state index in [4.69, 9.17) is 9.47 Å². The van der Waals surface area contributed by atoms with Gasteiger partial charge in [0.25, 0.3) is 0 Å². The number of benzene rings is 1. The van der Waals surface area contributed by atoms with Crippen molar-refractivity contribution in [3.63, 3.8) is 0 Å². The molecule has 1 aliphatic rings. The zero-order chi connectivity index (χ0) is 19.3. The van der Waals surface area contributed by atoms with Gasteiger partial charge in [0.15, 0.2) is 0 Å². The number of phenols is 1. The van der Waals surface area contributed by atoms with Crippen LogP contribution in [0.2, 0.25) is 0 Å². The van der Waals surface area contributed by atoms with E-state index in [-0.39, 0.29) is 24.1 Å². The van der Waals surface area contributed by atoms with Gasteiger partial charge in [-0.25, -0.2) is 4.79 Å². The molecule has 26 heavy (non-hydrogen) atoms.